The van der Waals surface area contributed by atoms with Crippen molar-refractivity contribution in [3.63, 3.8) is 0 Å². The number of halogens is 3. The first-order valence-electron chi connectivity index (χ1n) is 11.8. The molecule has 11 heteroatoms. The van der Waals surface area contributed by atoms with Crippen molar-refractivity contribution < 1.29 is 32.4 Å². The number of carboxylic acids is 1. The van der Waals surface area contributed by atoms with E-state index in [0.717, 1.165) is 37.7 Å². The van der Waals surface area contributed by atoms with Crippen molar-refractivity contribution in [1.29, 1.82) is 0 Å². The molecule has 0 radical (unpaired) electrons. The maximum absolute atomic E-state index is 13.2. The van der Waals surface area contributed by atoms with Gasteiger partial charge >= 0.3 is 18.2 Å². The number of alkyl halides is 3. The fourth-order valence-electron chi connectivity index (χ4n) is 4.81. The number of hydrogen-bond donors (Lipinski definition) is 3. The van der Waals surface area contributed by atoms with Crippen LogP contribution in [0.5, 0.6) is 0 Å². The van der Waals surface area contributed by atoms with Gasteiger partial charge in [-0.25, -0.2) is 4.79 Å². The van der Waals surface area contributed by atoms with Gasteiger partial charge in [-0.3, -0.25) is 10.1 Å². The molecular formula is C24H29F3N4O4. The molecule has 1 heterocycles. The Labute approximate surface area is 200 Å². The fourth-order valence-corrected chi connectivity index (χ4v) is 4.81. The topological polar surface area (TPSA) is 108 Å². The second kappa shape index (κ2) is 10.2. The number of amides is 2. The van der Waals surface area contributed by atoms with Crippen LogP contribution in [-0.2, 0) is 4.79 Å². The molecule has 1 unspecified atom stereocenters. The molecule has 2 aliphatic rings. The molecule has 2 fully saturated rings. The molecule has 2 saturated carbocycles. The van der Waals surface area contributed by atoms with E-state index in [4.69, 9.17) is 4.52 Å². The molecule has 3 N–H and O–H groups in total. The van der Waals surface area contributed by atoms with E-state index in [0.29, 0.717) is 23.6 Å². The Morgan fingerprint density at radius 3 is 2.51 bits per heavy atom. The highest BCUT2D eigenvalue weighted by Crippen LogP contribution is 2.49. The first-order valence-corrected chi connectivity index (χ1v) is 11.8. The van der Waals surface area contributed by atoms with E-state index in [1.54, 1.807) is 30.0 Å². The standard InChI is InChI=1S/C24H29F3N4O4/c1-14-11-21(30-35-14)29-23(34)28-19-12-15(17-13-18(17)22(32)33)7-8-20(19)31(10-9-24(25,26)27)16-5-3-2-4-6-16/h7-8,11-12,16-18H,2-6,9-10,13H2,1H3,(H,32,33)(H2,28,29,30,34)/t17-,18?/m1/s1. The van der Waals surface area contributed by atoms with Crippen molar-refractivity contribution in [2.45, 2.75) is 70.0 Å². The molecule has 2 aliphatic carbocycles. The summed E-state index contributed by atoms with van der Waals surface area (Å²) in [5.74, 6) is -0.872. The summed E-state index contributed by atoms with van der Waals surface area (Å²) in [5, 5.41) is 18.3. The molecule has 8 nitrogen and oxygen atoms in total. The van der Waals surface area contributed by atoms with Crippen LogP contribution in [0.25, 0.3) is 0 Å². The van der Waals surface area contributed by atoms with Gasteiger partial charge in [-0.05, 0) is 49.8 Å². The summed E-state index contributed by atoms with van der Waals surface area (Å²) in [4.78, 5) is 25.8. The molecule has 190 valence electrons. The van der Waals surface area contributed by atoms with Gasteiger partial charge < -0.3 is 19.8 Å². The number of carbonyl (C=O) groups excluding carboxylic acids is 1. The fraction of sp³-hybridized carbons (Fsp3) is 0.542. The summed E-state index contributed by atoms with van der Waals surface area (Å²) in [6.45, 7) is 1.45. The van der Waals surface area contributed by atoms with Crippen LogP contribution in [0.4, 0.5) is 35.2 Å². The van der Waals surface area contributed by atoms with E-state index in [1.807, 2.05) is 0 Å². The minimum atomic E-state index is -4.31. The second-order valence-corrected chi connectivity index (χ2v) is 9.32. The second-order valence-electron chi connectivity index (χ2n) is 9.32. The van der Waals surface area contributed by atoms with Crippen molar-refractivity contribution in [3.8, 4) is 0 Å². The Bertz CT molecular complexity index is 1070. The summed E-state index contributed by atoms with van der Waals surface area (Å²) in [6, 6.07) is 5.98. The Hall–Kier alpha value is -3.24. The Morgan fingerprint density at radius 1 is 1.17 bits per heavy atom. The van der Waals surface area contributed by atoms with E-state index in [9.17, 15) is 27.9 Å². The quantitative estimate of drug-likeness (QED) is 0.421. The van der Waals surface area contributed by atoms with Crippen LogP contribution in [0.3, 0.4) is 0 Å². The average molecular weight is 495 g/mol. The van der Waals surface area contributed by atoms with E-state index in [1.165, 1.54) is 6.07 Å². The number of nitrogens with zero attached hydrogens (tertiary/aromatic N) is 2. The smallest absolute Gasteiger partial charge is 0.390 e. The minimum absolute atomic E-state index is 0.0774. The number of aryl methyl sites for hydroxylation is 1. The highest BCUT2D eigenvalue weighted by Gasteiger charge is 2.44. The molecule has 35 heavy (non-hydrogen) atoms. The van der Waals surface area contributed by atoms with Crippen LogP contribution in [0.2, 0.25) is 0 Å². The van der Waals surface area contributed by atoms with E-state index >= 15 is 0 Å². The number of hydrogen-bond acceptors (Lipinski definition) is 5. The third kappa shape index (κ3) is 6.46. The average Bonchev–Trinajstić information content (AvgIpc) is 3.51. The molecule has 0 spiro atoms. The van der Waals surface area contributed by atoms with Crippen LogP contribution in [-0.4, -0.2) is 41.0 Å². The number of aromatic nitrogens is 1. The van der Waals surface area contributed by atoms with Crippen LogP contribution in [0.15, 0.2) is 28.8 Å². The molecule has 2 aromatic rings. The number of rotatable bonds is 8. The summed E-state index contributed by atoms with van der Waals surface area (Å²) >= 11 is 0. The molecular weight excluding hydrogens is 465 g/mol. The first kappa shape index (κ1) is 24.9. The van der Waals surface area contributed by atoms with Gasteiger partial charge in [0.1, 0.15) is 5.76 Å². The van der Waals surface area contributed by atoms with Crippen molar-refractivity contribution in [3.05, 3.63) is 35.6 Å². The maximum Gasteiger partial charge on any atom is 0.390 e. The molecule has 1 aromatic carbocycles. The van der Waals surface area contributed by atoms with E-state index < -0.39 is 30.5 Å². The predicted molar refractivity (Wildman–Crippen MR) is 124 cm³/mol. The molecule has 0 aliphatic heterocycles. The zero-order valence-electron chi connectivity index (χ0n) is 19.4. The third-order valence-corrected chi connectivity index (χ3v) is 6.64. The zero-order valence-corrected chi connectivity index (χ0v) is 19.4. The van der Waals surface area contributed by atoms with Gasteiger partial charge in [0.05, 0.1) is 23.7 Å². The summed E-state index contributed by atoms with van der Waals surface area (Å²) in [5.41, 5.74) is 1.56. The lowest BCUT2D eigenvalue weighted by Gasteiger charge is -2.37. The lowest BCUT2D eigenvalue weighted by Crippen LogP contribution is -2.39. The van der Waals surface area contributed by atoms with Crippen molar-refractivity contribution in [2.75, 3.05) is 22.1 Å². The SMILES string of the molecule is Cc1cc(NC(=O)Nc2cc([C@H]3CC3C(=O)O)ccc2N(CCC(F)(F)F)C2CCCCC2)no1. The number of benzene rings is 1. The van der Waals surface area contributed by atoms with Gasteiger partial charge in [0, 0.05) is 18.7 Å². The number of carbonyl (C=O) groups is 2. The first-order chi connectivity index (χ1) is 16.6. The summed E-state index contributed by atoms with van der Waals surface area (Å²) in [6.07, 6.45) is -0.348. The van der Waals surface area contributed by atoms with Crippen LogP contribution in [0.1, 0.15) is 62.2 Å². The monoisotopic (exact) mass is 494 g/mol. The molecule has 0 bridgehead atoms. The minimum Gasteiger partial charge on any atom is -0.481 e. The number of nitrogens with one attached hydrogen (secondary N) is 2. The summed E-state index contributed by atoms with van der Waals surface area (Å²) in [7, 11) is 0. The van der Waals surface area contributed by atoms with Crippen LogP contribution in [0, 0.1) is 12.8 Å². The number of carboxylic acid groups (broad SMARTS) is 1. The Morgan fingerprint density at radius 2 is 1.91 bits per heavy atom. The summed E-state index contributed by atoms with van der Waals surface area (Å²) < 4.78 is 44.5. The van der Waals surface area contributed by atoms with Gasteiger partial charge in [-0.15, -0.1) is 0 Å². The molecule has 4 rings (SSSR count). The van der Waals surface area contributed by atoms with Crippen LogP contribution >= 0.6 is 0 Å². The van der Waals surface area contributed by atoms with Gasteiger partial charge in [-0.1, -0.05) is 30.5 Å². The Kier molecular flexibility index (Phi) is 7.23. The Balaban J connectivity index is 1.64. The third-order valence-electron chi connectivity index (χ3n) is 6.64. The number of urea groups is 1. The normalized spacial score (nSPS) is 20.3. The van der Waals surface area contributed by atoms with Gasteiger partial charge in [0.2, 0.25) is 0 Å². The highest BCUT2D eigenvalue weighted by molar-refractivity contribution is 6.01. The van der Waals surface area contributed by atoms with E-state index in [2.05, 4.69) is 15.8 Å². The van der Waals surface area contributed by atoms with Crippen molar-refractivity contribution >= 4 is 29.2 Å². The van der Waals surface area contributed by atoms with E-state index in [-0.39, 0.29) is 24.3 Å². The molecule has 2 amide bonds. The largest absolute Gasteiger partial charge is 0.481 e. The molecule has 2 atom stereocenters. The lowest BCUT2D eigenvalue weighted by atomic mass is 9.93. The molecule has 1 aromatic heterocycles. The lowest BCUT2D eigenvalue weighted by molar-refractivity contribution is -0.138. The highest BCUT2D eigenvalue weighted by atomic mass is 19.4. The van der Waals surface area contributed by atoms with Crippen molar-refractivity contribution in [2.24, 2.45) is 5.92 Å². The zero-order chi connectivity index (χ0) is 25.2. The van der Waals surface area contributed by atoms with Crippen molar-refractivity contribution in [1.82, 2.24) is 5.16 Å². The maximum atomic E-state index is 13.2. The van der Waals surface area contributed by atoms with Crippen LogP contribution < -0.4 is 15.5 Å². The predicted octanol–water partition coefficient (Wildman–Crippen LogP) is 5.91. The van der Waals surface area contributed by atoms with Gasteiger partial charge in [0.25, 0.3) is 0 Å². The molecule has 0 saturated heterocycles. The number of aliphatic carboxylic acids is 1. The van der Waals surface area contributed by atoms with Gasteiger partial charge in [0.15, 0.2) is 5.82 Å². The number of anilines is 3. The van der Waals surface area contributed by atoms with Gasteiger partial charge in [-0.2, -0.15) is 13.2 Å².